The standard InChI is InChI=1S/C17H18N2O4S/c1-2-9-19(14-8-10-24(21,22)12-14)17(20)15-11-16(23-18-15)13-6-4-3-5-7-13/h2-7,11,14H,1,8-10,12H2/t14-/m0/s1. The Labute approximate surface area is 140 Å². The van der Waals surface area contributed by atoms with E-state index in [1.54, 1.807) is 12.1 Å². The SMILES string of the molecule is C=CCN(C(=O)c1cc(-c2ccccc2)on1)[C@H]1CCS(=O)(=O)C1. The second-order valence-corrected chi connectivity index (χ2v) is 7.97. The maximum atomic E-state index is 12.7. The van der Waals surface area contributed by atoms with E-state index in [2.05, 4.69) is 11.7 Å². The zero-order valence-corrected chi connectivity index (χ0v) is 13.9. The number of carbonyl (C=O) groups excluding carboxylic acids is 1. The van der Waals surface area contributed by atoms with Crippen molar-refractivity contribution in [2.45, 2.75) is 12.5 Å². The average Bonchev–Trinajstić information content (AvgIpc) is 3.19. The highest BCUT2D eigenvalue weighted by Crippen LogP contribution is 2.23. The Morgan fingerprint density at radius 2 is 2.12 bits per heavy atom. The molecule has 6 nitrogen and oxygen atoms in total. The highest BCUT2D eigenvalue weighted by atomic mass is 32.2. The molecule has 2 aromatic rings. The van der Waals surface area contributed by atoms with Gasteiger partial charge in [-0.3, -0.25) is 4.79 Å². The number of aromatic nitrogens is 1. The van der Waals surface area contributed by atoms with Crippen molar-refractivity contribution in [1.29, 1.82) is 0 Å². The number of nitrogens with zero attached hydrogens (tertiary/aromatic N) is 2. The second-order valence-electron chi connectivity index (χ2n) is 5.75. The number of sulfone groups is 1. The van der Waals surface area contributed by atoms with Crippen LogP contribution < -0.4 is 0 Å². The summed E-state index contributed by atoms with van der Waals surface area (Å²) >= 11 is 0. The Morgan fingerprint density at radius 3 is 2.75 bits per heavy atom. The Morgan fingerprint density at radius 1 is 1.38 bits per heavy atom. The van der Waals surface area contributed by atoms with E-state index in [1.807, 2.05) is 30.3 Å². The van der Waals surface area contributed by atoms with Crippen LogP contribution in [0.1, 0.15) is 16.9 Å². The van der Waals surface area contributed by atoms with Gasteiger partial charge in [0.1, 0.15) is 0 Å². The molecular weight excluding hydrogens is 328 g/mol. The van der Waals surface area contributed by atoms with Gasteiger partial charge in [-0.15, -0.1) is 6.58 Å². The topological polar surface area (TPSA) is 80.5 Å². The maximum Gasteiger partial charge on any atom is 0.276 e. The monoisotopic (exact) mass is 346 g/mol. The fourth-order valence-corrected chi connectivity index (χ4v) is 4.55. The number of carbonyl (C=O) groups is 1. The van der Waals surface area contributed by atoms with Gasteiger partial charge in [0.05, 0.1) is 11.5 Å². The van der Waals surface area contributed by atoms with Crippen LogP contribution in [0, 0.1) is 0 Å². The molecule has 1 saturated heterocycles. The van der Waals surface area contributed by atoms with Crippen LogP contribution in [-0.4, -0.2) is 48.5 Å². The summed E-state index contributed by atoms with van der Waals surface area (Å²) in [5.74, 6) is 0.238. The molecule has 1 fully saturated rings. The lowest BCUT2D eigenvalue weighted by Gasteiger charge is -2.25. The van der Waals surface area contributed by atoms with E-state index in [0.717, 1.165) is 5.56 Å². The van der Waals surface area contributed by atoms with E-state index in [0.29, 0.717) is 12.2 Å². The summed E-state index contributed by atoms with van der Waals surface area (Å²) in [5.41, 5.74) is 0.989. The van der Waals surface area contributed by atoms with Gasteiger partial charge in [0.15, 0.2) is 21.3 Å². The highest BCUT2D eigenvalue weighted by Gasteiger charge is 2.35. The molecule has 0 saturated carbocycles. The molecule has 1 aliphatic heterocycles. The van der Waals surface area contributed by atoms with Crippen molar-refractivity contribution < 1.29 is 17.7 Å². The van der Waals surface area contributed by atoms with Crippen LogP contribution in [0.5, 0.6) is 0 Å². The molecule has 0 N–H and O–H groups in total. The third kappa shape index (κ3) is 3.41. The van der Waals surface area contributed by atoms with Gasteiger partial charge >= 0.3 is 0 Å². The van der Waals surface area contributed by atoms with Crippen molar-refractivity contribution in [2.75, 3.05) is 18.1 Å². The lowest BCUT2D eigenvalue weighted by atomic mass is 10.1. The molecule has 1 aromatic carbocycles. The molecule has 0 radical (unpaired) electrons. The Bertz CT molecular complexity index is 842. The number of amides is 1. The summed E-state index contributed by atoms with van der Waals surface area (Å²) in [5, 5.41) is 3.85. The third-order valence-electron chi connectivity index (χ3n) is 4.02. The number of hydrogen-bond acceptors (Lipinski definition) is 5. The first kappa shape index (κ1) is 16.4. The van der Waals surface area contributed by atoms with Crippen LogP contribution in [0.4, 0.5) is 0 Å². The number of benzene rings is 1. The number of rotatable bonds is 5. The van der Waals surface area contributed by atoms with E-state index in [9.17, 15) is 13.2 Å². The largest absolute Gasteiger partial charge is 0.355 e. The minimum Gasteiger partial charge on any atom is -0.355 e. The molecule has 0 unspecified atom stereocenters. The van der Waals surface area contributed by atoms with Crippen LogP contribution in [0.2, 0.25) is 0 Å². The van der Waals surface area contributed by atoms with Gasteiger partial charge in [-0.05, 0) is 6.42 Å². The molecule has 24 heavy (non-hydrogen) atoms. The molecule has 1 aromatic heterocycles. The fourth-order valence-electron chi connectivity index (χ4n) is 2.82. The normalized spacial score (nSPS) is 19.1. The molecule has 3 rings (SSSR count). The minimum atomic E-state index is -3.08. The van der Waals surface area contributed by atoms with Gasteiger partial charge in [0.25, 0.3) is 5.91 Å². The van der Waals surface area contributed by atoms with Gasteiger partial charge in [0, 0.05) is 24.2 Å². The van der Waals surface area contributed by atoms with Crippen LogP contribution in [0.15, 0.2) is 53.6 Å². The lowest BCUT2D eigenvalue weighted by molar-refractivity contribution is 0.0710. The predicted octanol–water partition coefficient (Wildman–Crippen LogP) is 2.16. The summed E-state index contributed by atoms with van der Waals surface area (Å²) < 4.78 is 28.7. The number of hydrogen-bond donors (Lipinski definition) is 0. The van der Waals surface area contributed by atoms with Crippen molar-refractivity contribution in [3.63, 3.8) is 0 Å². The van der Waals surface area contributed by atoms with Gasteiger partial charge < -0.3 is 9.42 Å². The van der Waals surface area contributed by atoms with Gasteiger partial charge in [-0.25, -0.2) is 8.42 Å². The molecule has 7 heteroatoms. The van der Waals surface area contributed by atoms with E-state index in [4.69, 9.17) is 4.52 Å². The quantitative estimate of drug-likeness (QED) is 0.775. The highest BCUT2D eigenvalue weighted by molar-refractivity contribution is 7.91. The van der Waals surface area contributed by atoms with Gasteiger partial charge in [-0.1, -0.05) is 41.6 Å². The van der Waals surface area contributed by atoms with E-state index in [1.165, 1.54) is 4.90 Å². The molecule has 1 aliphatic rings. The Balaban J connectivity index is 1.83. The third-order valence-corrected chi connectivity index (χ3v) is 5.77. The van der Waals surface area contributed by atoms with Gasteiger partial charge in [0.2, 0.25) is 0 Å². The van der Waals surface area contributed by atoms with Crippen molar-refractivity contribution in [3.05, 3.63) is 54.7 Å². The molecule has 0 aliphatic carbocycles. The van der Waals surface area contributed by atoms with E-state index in [-0.39, 0.29) is 35.7 Å². The Kier molecular flexibility index (Phi) is 4.53. The Hall–Kier alpha value is -2.41. The van der Waals surface area contributed by atoms with Crippen LogP contribution in [0.3, 0.4) is 0 Å². The first-order chi connectivity index (χ1) is 11.5. The molecule has 126 valence electrons. The second kappa shape index (κ2) is 6.60. The summed E-state index contributed by atoms with van der Waals surface area (Å²) in [6.45, 7) is 3.92. The summed E-state index contributed by atoms with van der Waals surface area (Å²) in [6, 6.07) is 10.6. The summed E-state index contributed by atoms with van der Waals surface area (Å²) in [6.07, 6.45) is 2.02. The molecular formula is C17H18N2O4S. The van der Waals surface area contributed by atoms with E-state index < -0.39 is 9.84 Å². The molecule has 0 spiro atoms. The zero-order chi connectivity index (χ0) is 17.2. The smallest absolute Gasteiger partial charge is 0.276 e. The van der Waals surface area contributed by atoms with Crippen LogP contribution in [0.25, 0.3) is 11.3 Å². The molecule has 1 atom stereocenters. The first-order valence-corrected chi connectivity index (χ1v) is 9.47. The van der Waals surface area contributed by atoms with Crippen LogP contribution >= 0.6 is 0 Å². The summed E-state index contributed by atoms with van der Waals surface area (Å²) in [4.78, 5) is 14.2. The fraction of sp³-hybridized carbons (Fsp3) is 0.294. The maximum absolute atomic E-state index is 12.7. The molecule has 0 bridgehead atoms. The van der Waals surface area contributed by atoms with Crippen LogP contribution in [-0.2, 0) is 9.84 Å². The van der Waals surface area contributed by atoms with Gasteiger partial charge in [-0.2, -0.15) is 0 Å². The first-order valence-electron chi connectivity index (χ1n) is 7.64. The van der Waals surface area contributed by atoms with Crippen molar-refractivity contribution in [2.24, 2.45) is 0 Å². The van der Waals surface area contributed by atoms with Crippen molar-refractivity contribution in [1.82, 2.24) is 10.1 Å². The summed E-state index contributed by atoms with van der Waals surface area (Å²) in [7, 11) is -3.08. The average molecular weight is 346 g/mol. The van der Waals surface area contributed by atoms with Crippen molar-refractivity contribution >= 4 is 15.7 Å². The molecule has 1 amide bonds. The minimum absolute atomic E-state index is 0.0179. The molecule has 2 heterocycles. The lowest BCUT2D eigenvalue weighted by Crippen LogP contribution is -2.41. The zero-order valence-electron chi connectivity index (χ0n) is 13.1. The van der Waals surface area contributed by atoms with Crippen molar-refractivity contribution in [3.8, 4) is 11.3 Å². The predicted molar refractivity (Wildman–Crippen MR) is 90.2 cm³/mol. The van der Waals surface area contributed by atoms with E-state index >= 15 is 0 Å².